The van der Waals surface area contributed by atoms with Crippen molar-refractivity contribution in [3.05, 3.63) is 58.1 Å². The molecular formula is C15H16BrNO2. The van der Waals surface area contributed by atoms with E-state index in [-0.39, 0.29) is 0 Å². The zero-order valence-corrected chi connectivity index (χ0v) is 12.3. The van der Waals surface area contributed by atoms with Gasteiger partial charge in [0.25, 0.3) is 0 Å². The fourth-order valence-corrected chi connectivity index (χ4v) is 2.17. The summed E-state index contributed by atoms with van der Waals surface area (Å²) in [6.07, 6.45) is 0. The van der Waals surface area contributed by atoms with Crippen molar-refractivity contribution in [2.45, 2.75) is 13.2 Å². The number of rotatable bonds is 5. The fraction of sp³-hybridized carbons (Fsp3) is 0.200. The van der Waals surface area contributed by atoms with E-state index in [0.29, 0.717) is 24.7 Å². The molecule has 2 N–H and O–H groups in total. The minimum absolute atomic E-state index is 0.523. The lowest BCUT2D eigenvalue weighted by molar-refractivity contribution is 0.107. The largest absolute Gasteiger partial charge is 0.495 e. The highest BCUT2D eigenvalue weighted by atomic mass is 79.9. The Morgan fingerprint density at radius 3 is 2.58 bits per heavy atom. The Morgan fingerprint density at radius 2 is 1.89 bits per heavy atom. The lowest BCUT2D eigenvalue weighted by Gasteiger charge is -2.09. The smallest absolute Gasteiger partial charge is 0.141 e. The summed E-state index contributed by atoms with van der Waals surface area (Å²) in [6, 6.07) is 13.7. The average Bonchev–Trinajstić information content (AvgIpc) is 2.41. The molecular weight excluding hydrogens is 306 g/mol. The Bertz CT molecular complexity index is 558. The van der Waals surface area contributed by atoms with Crippen molar-refractivity contribution in [1.82, 2.24) is 0 Å². The zero-order valence-electron chi connectivity index (χ0n) is 10.7. The van der Waals surface area contributed by atoms with E-state index in [9.17, 15) is 0 Å². The van der Waals surface area contributed by atoms with Gasteiger partial charge in [0.05, 0.1) is 26.0 Å². The summed E-state index contributed by atoms with van der Waals surface area (Å²) >= 11 is 3.50. The third-order valence-corrected chi connectivity index (χ3v) is 3.55. The van der Waals surface area contributed by atoms with Crippen molar-refractivity contribution in [2.75, 3.05) is 12.8 Å². The number of hydrogen-bond donors (Lipinski definition) is 1. The molecule has 0 aliphatic heterocycles. The van der Waals surface area contributed by atoms with E-state index in [4.69, 9.17) is 15.2 Å². The van der Waals surface area contributed by atoms with Gasteiger partial charge in [0.15, 0.2) is 0 Å². The van der Waals surface area contributed by atoms with Crippen LogP contribution in [0.5, 0.6) is 5.75 Å². The van der Waals surface area contributed by atoms with Gasteiger partial charge in [-0.1, -0.05) is 40.2 Å². The first-order chi connectivity index (χ1) is 9.20. The van der Waals surface area contributed by atoms with E-state index in [1.807, 2.05) is 42.5 Å². The molecule has 0 heterocycles. The highest BCUT2D eigenvalue weighted by molar-refractivity contribution is 9.10. The molecule has 0 unspecified atom stereocenters. The van der Waals surface area contributed by atoms with Crippen molar-refractivity contribution in [2.24, 2.45) is 0 Å². The zero-order chi connectivity index (χ0) is 13.7. The number of nitrogen functional groups attached to an aromatic ring is 1. The molecule has 0 spiro atoms. The Hall–Kier alpha value is -1.52. The van der Waals surface area contributed by atoms with E-state index in [0.717, 1.165) is 15.6 Å². The Labute approximate surface area is 121 Å². The third-order valence-electron chi connectivity index (χ3n) is 2.78. The quantitative estimate of drug-likeness (QED) is 0.853. The molecule has 100 valence electrons. The van der Waals surface area contributed by atoms with Crippen LogP contribution in [0, 0.1) is 0 Å². The van der Waals surface area contributed by atoms with Crippen molar-refractivity contribution in [3.8, 4) is 5.75 Å². The Kier molecular flexibility index (Phi) is 4.82. The molecule has 2 aromatic carbocycles. The van der Waals surface area contributed by atoms with Crippen LogP contribution in [0.25, 0.3) is 0 Å². The normalized spacial score (nSPS) is 10.4. The molecule has 0 saturated heterocycles. The van der Waals surface area contributed by atoms with Gasteiger partial charge in [-0.25, -0.2) is 0 Å². The molecule has 0 fully saturated rings. The van der Waals surface area contributed by atoms with E-state index in [1.54, 1.807) is 7.11 Å². The summed E-state index contributed by atoms with van der Waals surface area (Å²) in [5.41, 5.74) is 8.64. The maximum atomic E-state index is 5.85. The van der Waals surface area contributed by atoms with Crippen molar-refractivity contribution < 1.29 is 9.47 Å². The topological polar surface area (TPSA) is 44.5 Å². The monoisotopic (exact) mass is 321 g/mol. The molecule has 2 aromatic rings. The lowest BCUT2D eigenvalue weighted by Crippen LogP contribution is -1.97. The van der Waals surface area contributed by atoms with Crippen molar-refractivity contribution in [1.29, 1.82) is 0 Å². The van der Waals surface area contributed by atoms with E-state index >= 15 is 0 Å². The van der Waals surface area contributed by atoms with Gasteiger partial charge in [0, 0.05) is 4.47 Å². The maximum absolute atomic E-state index is 5.85. The molecule has 0 bridgehead atoms. The second-order valence-electron chi connectivity index (χ2n) is 4.16. The van der Waals surface area contributed by atoms with Gasteiger partial charge in [0.2, 0.25) is 0 Å². The lowest BCUT2D eigenvalue weighted by atomic mass is 10.2. The van der Waals surface area contributed by atoms with Crippen LogP contribution in [0.1, 0.15) is 11.1 Å². The molecule has 4 heteroatoms. The SMILES string of the molecule is COc1ccc(COCc2ccccc2Br)cc1N. The number of halogens is 1. The number of ether oxygens (including phenoxy) is 2. The van der Waals surface area contributed by atoms with E-state index in [1.165, 1.54) is 0 Å². The van der Waals surface area contributed by atoms with Gasteiger partial charge in [-0.05, 0) is 29.3 Å². The molecule has 3 nitrogen and oxygen atoms in total. The van der Waals surface area contributed by atoms with Crippen LogP contribution in [0.4, 0.5) is 5.69 Å². The molecule has 19 heavy (non-hydrogen) atoms. The molecule has 0 amide bonds. The first-order valence-corrected chi connectivity index (χ1v) is 6.73. The molecule has 0 aromatic heterocycles. The Morgan fingerprint density at radius 1 is 1.11 bits per heavy atom. The minimum Gasteiger partial charge on any atom is -0.495 e. The van der Waals surface area contributed by atoms with Gasteiger partial charge in [-0.15, -0.1) is 0 Å². The number of nitrogens with two attached hydrogens (primary N) is 1. The second-order valence-corrected chi connectivity index (χ2v) is 5.01. The fourth-order valence-electron chi connectivity index (χ4n) is 1.77. The summed E-state index contributed by atoms with van der Waals surface area (Å²) in [5, 5.41) is 0. The number of benzene rings is 2. The van der Waals surface area contributed by atoms with Gasteiger partial charge >= 0.3 is 0 Å². The van der Waals surface area contributed by atoms with Gasteiger partial charge < -0.3 is 15.2 Å². The van der Waals surface area contributed by atoms with Crippen LogP contribution in [0.3, 0.4) is 0 Å². The van der Waals surface area contributed by atoms with Crippen LogP contribution in [-0.2, 0) is 18.0 Å². The summed E-state index contributed by atoms with van der Waals surface area (Å²) in [7, 11) is 1.61. The van der Waals surface area contributed by atoms with Crippen LogP contribution in [0.2, 0.25) is 0 Å². The van der Waals surface area contributed by atoms with Crippen LogP contribution < -0.4 is 10.5 Å². The minimum atomic E-state index is 0.523. The van der Waals surface area contributed by atoms with E-state index in [2.05, 4.69) is 15.9 Å². The summed E-state index contributed by atoms with van der Waals surface area (Å²) in [6.45, 7) is 1.09. The predicted octanol–water partition coefficient (Wildman–Crippen LogP) is 3.76. The van der Waals surface area contributed by atoms with Crippen LogP contribution >= 0.6 is 15.9 Å². The standard InChI is InChI=1S/C15H16BrNO2/c1-18-15-7-6-11(8-14(15)17)9-19-10-12-4-2-3-5-13(12)16/h2-8H,9-10,17H2,1H3. The van der Waals surface area contributed by atoms with E-state index < -0.39 is 0 Å². The van der Waals surface area contributed by atoms with Crippen molar-refractivity contribution >= 4 is 21.6 Å². The molecule has 0 saturated carbocycles. The summed E-state index contributed by atoms with van der Waals surface area (Å²) in [5.74, 6) is 0.689. The Balaban J connectivity index is 1.93. The molecule has 0 aliphatic rings. The van der Waals surface area contributed by atoms with Gasteiger partial charge in [-0.2, -0.15) is 0 Å². The number of hydrogen-bond acceptors (Lipinski definition) is 3. The second kappa shape index (κ2) is 6.59. The molecule has 2 rings (SSSR count). The number of methoxy groups -OCH3 is 1. The van der Waals surface area contributed by atoms with Gasteiger partial charge in [0.1, 0.15) is 5.75 Å². The molecule has 0 aliphatic carbocycles. The van der Waals surface area contributed by atoms with Crippen molar-refractivity contribution in [3.63, 3.8) is 0 Å². The summed E-state index contributed by atoms with van der Waals surface area (Å²) < 4.78 is 11.9. The maximum Gasteiger partial charge on any atom is 0.141 e. The average molecular weight is 322 g/mol. The summed E-state index contributed by atoms with van der Waals surface area (Å²) in [4.78, 5) is 0. The number of anilines is 1. The molecule has 0 radical (unpaired) electrons. The highest BCUT2D eigenvalue weighted by Crippen LogP contribution is 2.23. The van der Waals surface area contributed by atoms with Crippen LogP contribution in [-0.4, -0.2) is 7.11 Å². The van der Waals surface area contributed by atoms with Gasteiger partial charge in [-0.3, -0.25) is 0 Å². The molecule has 0 atom stereocenters. The third kappa shape index (κ3) is 3.72. The first-order valence-electron chi connectivity index (χ1n) is 5.94. The van der Waals surface area contributed by atoms with Crippen LogP contribution in [0.15, 0.2) is 46.9 Å². The highest BCUT2D eigenvalue weighted by Gasteiger charge is 2.02. The first kappa shape index (κ1) is 13.9. The predicted molar refractivity (Wildman–Crippen MR) is 80.0 cm³/mol.